The quantitative estimate of drug-likeness (QED) is 0.218. The molecule has 0 fully saturated rings. The van der Waals surface area contributed by atoms with E-state index in [0.717, 1.165) is 7.05 Å². The number of hydrogen-bond donors (Lipinski definition) is 2. The first-order valence-corrected chi connectivity index (χ1v) is 3.93. The maximum Gasteiger partial charge on any atom is 1.00 e. The molecule has 0 atom stereocenters. The van der Waals surface area contributed by atoms with Gasteiger partial charge in [0.05, 0.1) is 19.6 Å². The molecule has 0 radical (unpaired) electrons. The van der Waals surface area contributed by atoms with E-state index >= 15 is 0 Å². The molecule has 0 aliphatic carbocycles. The molecular formula is C6H12N4Na2O6. The van der Waals surface area contributed by atoms with E-state index in [-0.39, 0.29) is 70.6 Å². The number of hydrazine groups is 1. The summed E-state index contributed by atoms with van der Waals surface area (Å²) in [5.74, 6) is -2.27. The van der Waals surface area contributed by atoms with E-state index in [1.807, 2.05) is 5.28 Å². The van der Waals surface area contributed by atoms with Crippen LogP contribution in [0.1, 0.15) is 0 Å². The fourth-order valence-electron chi connectivity index (χ4n) is 0.461. The standard InChI is InChI=1S/C3H7N3O4.C3H7NO2.2Na/c1-5(2-3(7)8)6(10)4-9;1-4-2-3(5)6;;/h9H,2H2,1H3,(H,7,8);4H,2H2,1H3,(H,5,6);;/q;;2*+1/p-2/b6-4-;;;. The van der Waals surface area contributed by atoms with Gasteiger partial charge in [0, 0.05) is 4.97 Å². The van der Waals surface area contributed by atoms with Gasteiger partial charge in [-0.15, -0.1) is 5.01 Å². The van der Waals surface area contributed by atoms with Gasteiger partial charge in [0.15, 0.2) is 0 Å². The van der Waals surface area contributed by atoms with Crippen molar-refractivity contribution >= 4 is 11.9 Å². The zero-order chi connectivity index (χ0) is 13.1. The van der Waals surface area contributed by atoms with E-state index in [1.54, 1.807) is 7.05 Å². The Kier molecular flexibility index (Phi) is 24.8. The molecule has 12 heteroatoms. The molecule has 18 heavy (non-hydrogen) atoms. The molecule has 0 unspecified atom stereocenters. The van der Waals surface area contributed by atoms with Crippen molar-refractivity contribution in [1.29, 1.82) is 0 Å². The molecular weight excluding hydrogens is 270 g/mol. The number of carbonyl (C=O) groups is 2. The van der Waals surface area contributed by atoms with Crippen molar-refractivity contribution < 1.29 is 83.9 Å². The fraction of sp³-hybridized carbons (Fsp3) is 0.667. The van der Waals surface area contributed by atoms with Crippen LogP contribution in [-0.4, -0.2) is 54.2 Å². The smallest absolute Gasteiger partial charge is 0.737 e. The first-order chi connectivity index (χ1) is 7.34. The molecule has 10 nitrogen and oxygen atoms in total. The van der Waals surface area contributed by atoms with E-state index in [1.165, 1.54) is 0 Å². The largest absolute Gasteiger partial charge is 1.00 e. The monoisotopic (exact) mass is 282 g/mol. The third-order valence-electron chi connectivity index (χ3n) is 1.05. The van der Waals surface area contributed by atoms with Gasteiger partial charge in [-0.25, -0.2) is 0 Å². The minimum absolute atomic E-state index is 0. The fourth-order valence-corrected chi connectivity index (χ4v) is 0.461. The van der Waals surface area contributed by atoms with Crippen LogP contribution in [0.25, 0.3) is 0 Å². The summed E-state index contributed by atoms with van der Waals surface area (Å²) >= 11 is 0. The second-order valence-electron chi connectivity index (χ2n) is 2.45. The molecule has 0 rings (SSSR count). The normalized spacial score (nSPS) is 8.89. The number of aliphatic carboxylic acids is 2. The maximum absolute atomic E-state index is 10.1. The summed E-state index contributed by atoms with van der Waals surface area (Å²) in [4.78, 5) is 18.9. The number of carboxylic acid groups (broad SMARTS) is 2. The number of likely N-dealkylation sites (N-methyl/N-ethyl adjacent to an activating group) is 2. The number of carbonyl (C=O) groups excluding carboxylic acids is 1. The minimum atomic E-state index is -1.45. The Morgan fingerprint density at radius 1 is 1.44 bits per heavy atom. The van der Waals surface area contributed by atoms with Crippen molar-refractivity contribution in [3.63, 3.8) is 0 Å². The first-order valence-electron chi connectivity index (χ1n) is 3.93. The van der Waals surface area contributed by atoms with Crippen molar-refractivity contribution in [3.8, 4) is 0 Å². The molecule has 0 bridgehead atoms. The van der Waals surface area contributed by atoms with E-state index in [2.05, 4.69) is 5.32 Å². The zero-order valence-electron chi connectivity index (χ0n) is 10.7. The molecule has 0 saturated carbocycles. The van der Waals surface area contributed by atoms with E-state index in [0.29, 0.717) is 5.01 Å². The number of carboxylic acids is 2. The third-order valence-corrected chi connectivity index (χ3v) is 1.05. The molecule has 0 aromatic rings. The first kappa shape index (κ1) is 26.5. The molecule has 0 spiro atoms. The second kappa shape index (κ2) is 16.9. The van der Waals surface area contributed by atoms with Crippen LogP contribution >= 0.6 is 0 Å². The van der Waals surface area contributed by atoms with Crippen molar-refractivity contribution in [3.05, 3.63) is 10.4 Å². The Bertz CT molecular complexity index is 264. The summed E-state index contributed by atoms with van der Waals surface area (Å²) in [6.45, 7) is -0.616. The Hall–Kier alpha value is -0.1000. The van der Waals surface area contributed by atoms with Gasteiger partial charge in [-0.3, -0.25) is 4.79 Å². The van der Waals surface area contributed by atoms with Crippen LogP contribution in [0.2, 0.25) is 0 Å². The van der Waals surface area contributed by atoms with Gasteiger partial charge in [0.1, 0.15) is 6.54 Å². The number of nitrogens with zero attached hydrogens (tertiary/aromatic N) is 3. The minimum Gasteiger partial charge on any atom is -0.737 e. The summed E-state index contributed by atoms with van der Waals surface area (Å²) in [6, 6.07) is 0. The van der Waals surface area contributed by atoms with Crippen molar-refractivity contribution in [2.24, 2.45) is 5.28 Å². The van der Waals surface area contributed by atoms with Crippen molar-refractivity contribution in [2.75, 3.05) is 27.2 Å². The summed E-state index contributed by atoms with van der Waals surface area (Å²) < 4.78 is 0. The van der Waals surface area contributed by atoms with Crippen LogP contribution in [-0.2, 0) is 9.59 Å². The third kappa shape index (κ3) is 21.2. The zero-order valence-corrected chi connectivity index (χ0v) is 14.7. The van der Waals surface area contributed by atoms with Gasteiger partial charge in [0.2, 0.25) is 0 Å². The molecule has 0 aromatic heterocycles. The predicted octanol–water partition coefficient (Wildman–Crippen LogP) is -8.66. The molecule has 0 heterocycles. The molecule has 2 N–H and O–H groups in total. The van der Waals surface area contributed by atoms with Crippen LogP contribution in [0.3, 0.4) is 0 Å². The van der Waals surface area contributed by atoms with E-state index < -0.39 is 18.5 Å². The Labute approximate surface area is 148 Å². The molecule has 0 amide bonds. The second-order valence-corrected chi connectivity index (χ2v) is 2.45. The van der Waals surface area contributed by atoms with Gasteiger partial charge in [-0.2, -0.15) is 0 Å². The average Bonchev–Trinajstić information content (AvgIpc) is 2.16. The number of hydrogen-bond acceptors (Lipinski definition) is 7. The predicted molar refractivity (Wildman–Crippen MR) is 48.6 cm³/mol. The summed E-state index contributed by atoms with van der Waals surface area (Å²) in [7, 11) is 2.69. The van der Waals surface area contributed by atoms with Gasteiger partial charge >= 0.3 is 65.1 Å². The van der Waals surface area contributed by atoms with Crippen LogP contribution in [0.4, 0.5) is 0 Å². The van der Waals surface area contributed by atoms with Crippen molar-refractivity contribution in [2.45, 2.75) is 0 Å². The van der Waals surface area contributed by atoms with Crippen molar-refractivity contribution in [1.82, 2.24) is 10.3 Å². The Balaban J connectivity index is -0.000000108. The van der Waals surface area contributed by atoms with E-state index in [9.17, 15) is 25.1 Å². The van der Waals surface area contributed by atoms with Gasteiger partial charge < -0.3 is 30.7 Å². The SMILES string of the molecule is CN(CC(=O)[O-])/[N+]([O-])=N/[O-].CNCC(=O)O.[Na+].[Na+]. The van der Waals surface area contributed by atoms with Crippen LogP contribution in [0, 0.1) is 10.4 Å². The Morgan fingerprint density at radius 2 is 1.89 bits per heavy atom. The molecule has 0 aliphatic rings. The van der Waals surface area contributed by atoms with Gasteiger partial charge in [-0.1, -0.05) is 0 Å². The van der Waals surface area contributed by atoms with Crippen LogP contribution in [0.15, 0.2) is 5.28 Å². The molecule has 0 aromatic carbocycles. The molecule has 0 aliphatic heterocycles. The summed E-state index contributed by atoms with van der Waals surface area (Å²) in [6.07, 6.45) is 0. The number of rotatable bonds is 5. The van der Waals surface area contributed by atoms with Gasteiger partial charge in [0.25, 0.3) is 0 Å². The van der Waals surface area contributed by atoms with Gasteiger partial charge in [-0.05, 0) is 12.3 Å². The molecule has 94 valence electrons. The van der Waals surface area contributed by atoms with Crippen LogP contribution in [0.5, 0.6) is 0 Å². The topological polar surface area (TPSA) is 154 Å². The maximum atomic E-state index is 10.1. The summed E-state index contributed by atoms with van der Waals surface area (Å²) in [5, 5.41) is 42.1. The van der Waals surface area contributed by atoms with E-state index in [4.69, 9.17) is 5.11 Å². The summed E-state index contributed by atoms with van der Waals surface area (Å²) in [5.41, 5.74) is 0. The average molecular weight is 282 g/mol. The molecule has 0 saturated heterocycles. The number of nitrogens with one attached hydrogen (secondary N) is 1. The Morgan fingerprint density at radius 3 is 2.06 bits per heavy atom. The van der Waals surface area contributed by atoms with Crippen LogP contribution < -0.4 is 69.5 Å².